The quantitative estimate of drug-likeness (QED) is 0.761. The lowest BCUT2D eigenvalue weighted by Crippen LogP contribution is -2.11. The van der Waals surface area contributed by atoms with Crippen LogP contribution in [-0.4, -0.2) is 5.78 Å². The van der Waals surface area contributed by atoms with E-state index in [0.717, 1.165) is 12.8 Å². The molecule has 1 unspecified atom stereocenters. The van der Waals surface area contributed by atoms with Crippen molar-refractivity contribution in [2.75, 3.05) is 0 Å². The Hall–Kier alpha value is -1.11. The number of fused-ring (bicyclic) bond motifs is 1. The lowest BCUT2D eigenvalue weighted by Gasteiger charge is -2.16. The smallest absolute Gasteiger partial charge is 0.136 e. The van der Waals surface area contributed by atoms with E-state index in [9.17, 15) is 4.79 Å². The van der Waals surface area contributed by atoms with Crippen LogP contribution in [0.25, 0.3) is 0 Å². The van der Waals surface area contributed by atoms with Crippen LogP contribution in [0.2, 0.25) is 0 Å². The third-order valence-electron chi connectivity index (χ3n) is 4.23. The minimum Gasteiger partial charge on any atom is -0.299 e. The molecule has 1 atom stereocenters. The van der Waals surface area contributed by atoms with E-state index >= 15 is 0 Å². The highest BCUT2D eigenvalue weighted by atomic mass is 16.1. The molecule has 1 nitrogen and oxygen atoms in total. The summed E-state index contributed by atoms with van der Waals surface area (Å²) in [5.41, 5.74) is 4.39. The topological polar surface area (TPSA) is 17.1 Å². The van der Waals surface area contributed by atoms with Crippen LogP contribution >= 0.6 is 0 Å². The predicted molar refractivity (Wildman–Crippen MR) is 75.9 cm³/mol. The molecule has 0 spiro atoms. The minimum atomic E-state index is 0.225. The van der Waals surface area contributed by atoms with Gasteiger partial charge in [-0.05, 0) is 55.2 Å². The molecule has 0 radical (unpaired) electrons. The maximum Gasteiger partial charge on any atom is 0.136 e. The second-order valence-electron chi connectivity index (χ2n) is 5.59. The summed E-state index contributed by atoms with van der Waals surface area (Å²) < 4.78 is 0. The van der Waals surface area contributed by atoms with E-state index in [2.05, 4.69) is 25.1 Å². The lowest BCUT2D eigenvalue weighted by molar-refractivity contribution is -0.122. The van der Waals surface area contributed by atoms with E-state index in [1.54, 1.807) is 0 Å². The zero-order valence-electron chi connectivity index (χ0n) is 11.7. The van der Waals surface area contributed by atoms with Crippen molar-refractivity contribution in [3.05, 3.63) is 34.9 Å². The predicted octanol–water partition coefficient (Wildman–Crippen LogP) is 4.11. The summed E-state index contributed by atoms with van der Waals surface area (Å²) >= 11 is 0. The first kappa shape index (κ1) is 13.3. The van der Waals surface area contributed by atoms with Crippen molar-refractivity contribution in [3.63, 3.8) is 0 Å². The molecule has 0 aromatic heterocycles. The molecule has 1 aliphatic rings. The number of hydrogen-bond donors (Lipinski definition) is 0. The van der Waals surface area contributed by atoms with Gasteiger partial charge in [-0.3, -0.25) is 4.79 Å². The largest absolute Gasteiger partial charge is 0.299 e. The van der Waals surface area contributed by atoms with Gasteiger partial charge in [-0.15, -0.1) is 0 Å². The van der Waals surface area contributed by atoms with Gasteiger partial charge in [-0.1, -0.05) is 32.0 Å². The van der Waals surface area contributed by atoms with Crippen LogP contribution in [0.4, 0.5) is 0 Å². The maximum atomic E-state index is 11.8. The van der Waals surface area contributed by atoms with Gasteiger partial charge in [0.05, 0.1) is 0 Å². The molecular formula is C17H24O. The highest BCUT2D eigenvalue weighted by Crippen LogP contribution is 2.23. The van der Waals surface area contributed by atoms with Gasteiger partial charge in [0.15, 0.2) is 0 Å². The van der Waals surface area contributed by atoms with Crippen LogP contribution in [0.15, 0.2) is 18.2 Å². The lowest BCUT2D eigenvalue weighted by atomic mass is 9.89. The summed E-state index contributed by atoms with van der Waals surface area (Å²) in [4.78, 5) is 11.8. The molecule has 0 N–H and O–H groups in total. The van der Waals surface area contributed by atoms with E-state index in [1.807, 2.05) is 6.92 Å². The van der Waals surface area contributed by atoms with Gasteiger partial charge in [-0.2, -0.15) is 0 Å². The van der Waals surface area contributed by atoms with Crippen LogP contribution in [-0.2, 0) is 24.1 Å². The number of carbonyl (C=O) groups is 1. The van der Waals surface area contributed by atoms with E-state index in [4.69, 9.17) is 0 Å². The van der Waals surface area contributed by atoms with Crippen LogP contribution in [0.1, 0.15) is 56.2 Å². The molecule has 1 aromatic rings. The molecule has 98 valence electrons. The van der Waals surface area contributed by atoms with E-state index in [-0.39, 0.29) is 5.92 Å². The van der Waals surface area contributed by atoms with E-state index < -0.39 is 0 Å². The van der Waals surface area contributed by atoms with Gasteiger partial charge < -0.3 is 0 Å². The van der Waals surface area contributed by atoms with Gasteiger partial charge in [-0.25, -0.2) is 0 Å². The normalized spacial score (nSPS) is 16.1. The number of rotatable bonds is 5. The van der Waals surface area contributed by atoms with Crippen LogP contribution < -0.4 is 0 Å². The molecule has 0 aliphatic heterocycles. The molecule has 0 heterocycles. The Balaban J connectivity index is 1.96. The molecule has 0 amide bonds. The van der Waals surface area contributed by atoms with Crippen molar-refractivity contribution in [2.45, 2.75) is 58.8 Å². The molecule has 0 saturated carbocycles. The highest BCUT2D eigenvalue weighted by molar-refractivity contribution is 5.80. The number of hydrogen-bond acceptors (Lipinski definition) is 1. The van der Waals surface area contributed by atoms with Gasteiger partial charge >= 0.3 is 0 Å². The second kappa shape index (κ2) is 6.17. The Morgan fingerprint density at radius 1 is 1.22 bits per heavy atom. The summed E-state index contributed by atoms with van der Waals surface area (Å²) in [7, 11) is 0. The highest BCUT2D eigenvalue weighted by Gasteiger charge is 2.12. The van der Waals surface area contributed by atoms with Crippen molar-refractivity contribution in [2.24, 2.45) is 5.92 Å². The third kappa shape index (κ3) is 3.22. The molecule has 18 heavy (non-hydrogen) atoms. The van der Waals surface area contributed by atoms with E-state index in [0.29, 0.717) is 12.2 Å². The standard InChI is InChI=1S/C17H24O/c1-3-13(2)17(18)11-9-14-8-10-15-6-4-5-7-16(15)12-14/h8,10,12-13H,3-7,9,11H2,1-2H3. The van der Waals surface area contributed by atoms with Gasteiger partial charge in [0, 0.05) is 12.3 Å². The van der Waals surface area contributed by atoms with Gasteiger partial charge in [0.25, 0.3) is 0 Å². The fourth-order valence-corrected chi connectivity index (χ4v) is 2.68. The van der Waals surface area contributed by atoms with Crippen molar-refractivity contribution >= 4 is 5.78 Å². The molecule has 0 bridgehead atoms. The zero-order chi connectivity index (χ0) is 13.0. The monoisotopic (exact) mass is 244 g/mol. The Labute approximate surface area is 111 Å². The van der Waals surface area contributed by atoms with Crippen LogP contribution in [0.3, 0.4) is 0 Å². The summed E-state index contributed by atoms with van der Waals surface area (Å²) in [6.07, 6.45) is 7.69. The SMILES string of the molecule is CCC(C)C(=O)CCc1ccc2c(c1)CCCC2. The minimum absolute atomic E-state index is 0.225. The Morgan fingerprint density at radius 2 is 1.94 bits per heavy atom. The zero-order valence-corrected chi connectivity index (χ0v) is 11.7. The molecule has 2 rings (SSSR count). The van der Waals surface area contributed by atoms with Crippen molar-refractivity contribution in [3.8, 4) is 0 Å². The summed E-state index contributed by atoms with van der Waals surface area (Å²) in [5, 5.41) is 0. The molecule has 1 aliphatic carbocycles. The molecular weight excluding hydrogens is 220 g/mol. The third-order valence-corrected chi connectivity index (χ3v) is 4.23. The van der Waals surface area contributed by atoms with E-state index in [1.165, 1.54) is 42.4 Å². The number of benzene rings is 1. The van der Waals surface area contributed by atoms with Crippen LogP contribution in [0, 0.1) is 5.92 Å². The fourth-order valence-electron chi connectivity index (χ4n) is 2.68. The Kier molecular flexibility index (Phi) is 4.57. The first-order chi connectivity index (χ1) is 8.70. The summed E-state index contributed by atoms with van der Waals surface area (Å²) in [5.74, 6) is 0.637. The first-order valence-electron chi connectivity index (χ1n) is 7.34. The fraction of sp³-hybridized carbons (Fsp3) is 0.588. The first-order valence-corrected chi connectivity index (χ1v) is 7.34. The second-order valence-corrected chi connectivity index (χ2v) is 5.59. The van der Waals surface area contributed by atoms with Gasteiger partial charge in [0.2, 0.25) is 0 Å². The van der Waals surface area contributed by atoms with Crippen molar-refractivity contribution in [1.82, 2.24) is 0 Å². The van der Waals surface area contributed by atoms with Crippen molar-refractivity contribution in [1.29, 1.82) is 0 Å². The molecule has 0 fully saturated rings. The number of Topliss-reactive ketones (excluding diaryl/α,β-unsaturated/α-hetero) is 1. The number of ketones is 1. The van der Waals surface area contributed by atoms with Crippen molar-refractivity contribution < 1.29 is 4.79 Å². The average Bonchev–Trinajstić information content (AvgIpc) is 2.43. The average molecular weight is 244 g/mol. The number of aryl methyl sites for hydroxylation is 3. The number of carbonyl (C=O) groups excluding carboxylic acids is 1. The van der Waals surface area contributed by atoms with Gasteiger partial charge in [0.1, 0.15) is 5.78 Å². The Bertz CT molecular complexity index is 420. The molecule has 0 saturated heterocycles. The maximum absolute atomic E-state index is 11.8. The summed E-state index contributed by atoms with van der Waals surface area (Å²) in [6.45, 7) is 4.12. The molecule has 1 aromatic carbocycles. The van der Waals surface area contributed by atoms with Crippen LogP contribution in [0.5, 0.6) is 0 Å². The Morgan fingerprint density at radius 3 is 2.67 bits per heavy atom. The molecule has 1 heteroatoms. The summed E-state index contributed by atoms with van der Waals surface area (Å²) in [6, 6.07) is 6.82.